The Balaban J connectivity index is 1.77. The summed E-state index contributed by atoms with van der Waals surface area (Å²) in [6.07, 6.45) is 3.83. The van der Waals surface area contributed by atoms with Gasteiger partial charge in [-0.2, -0.15) is 0 Å². The van der Waals surface area contributed by atoms with Crippen molar-refractivity contribution in [1.29, 1.82) is 0 Å². The van der Waals surface area contributed by atoms with Gasteiger partial charge in [-0.3, -0.25) is 0 Å². The van der Waals surface area contributed by atoms with E-state index in [9.17, 15) is 4.39 Å². The maximum Gasteiger partial charge on any atom is 0.128 e. The fraction of sp³-hybridized carbons (Fsp3) is 0.571. The maximum absolute atomic E-state index is 13.4. The molecule has 0 aromatic heterocycles. The topological polar surface area (TPSA) is 47.3 Å². The van der Waals surface area contributed by atoms with Crippen LogP contribution in [-0.4, -0.2) is 18.8 Å². The molecule has 1 aliphatic heterocycles. The molecule has 2 unspecified atom stereocenters. The van der Waals surface area contributed by atoms with Gasteiger partial charge in [0.2, 0.25) is 0 Å². The first-order valence-electron chi connectivity index (χ1n) is 6.59. The molecule has 3 nitrogen and oxygen atoms in total. The second kappa shape index (κ2) is 4.43. The first kappa shape index (κ1) is 11.8. The van der Waals surface area contributed by atoms with Crippen molar-refractivity contribution in [3.63, 3.8) is 0 Å². The van der Waals surface area contributed by atoms with E-state index in [2.05, 4.69) is 5.32 Å². The van der Waals surface area contributed by atoms with Crippen LogP contribution in [0.5, 0.6) is 0 Å². The van der Waals surface area contributed by atoms with Gasteiger partial charge < -0.3 is 15.8 Å². The van der Waals surface area contributed by atoms with E-state index in [4.69, 9.17) is 10.5 Å². The Morgan fingerprint density at radius 2 is 2.11 bits per heavy atom. The molecule has 1 aliphatic carbocycles. The van der Waals surface area contributed by atoms with Gasteiger partial charge in [-0.1, -0.05) is 0 Å². The third-order valence-corrected chi connectivity index (χ3v) is 3.89. The number of hydrogen-bond donors (Lipinski definition) is 2. The number of nitrogens with two attached hydrogens (primary N) is 1. The quantitative estimate of drug-likeness (QED) is 0.811. The number of rotatable bonds is 3. The average molecular weight is 250 g/mol. The molecule has 0 bridgehead atoms. The second-order valence-electron chi connectivity index (χ2n) is 5.40. The molecule has 2 atom stereocenters. The van der Waals surface area contributed by atoms with Crippen molar-refractivity contribution in [1.82, 2.24) is 0 Å². The zero-order valence-electron chi connectivity index (χ0n) is 10.6. The summed E-state index contributed by atoms with van der Waals surface area (Å²) in [7, 11) is 0. The van der Waals surface area contributed by atoms with E-state index in [0.717, 1.165) is 18.7 Å². The van der Waals surface area contributed by atoms with E-state index < -0.39 is 0 Å². The van der Waals surface area contributed by atoms with Gasteiger partial charge in [-0.25, -0.2) is 4.39 Å². The highest BCUT2D eigenvalue weighted by Gasteiger charge is 2.40. The number of ether oxygens (including phenoxy) is 1. The molecule has 1 aromatic rings. The lowest BCUT2D eigenvalue weighted by atomic mass is 10.1. The molecule has 18 heavy (non-hydrogen) atoms. The van der Waals surface area contributed by atoms with Crippen LogP contribution in [0.2, 0.25) is 0 Å². The van der Waals surface area contributed by atoms with Crippen LogP contribution < -0.4 is 11.1 Å². The lowest BCUT2D eigenvalue weighted by Crippen LogP contribution is -2.31. The fourth-order valence-electron chi connectivity index (χ4n) is 2.68. The molecular weight excluding hydrogens is 231 g/mol. The van der Waals surface area contributed by atoms with Crippen LogP contribution in [0.15, 0.2) is 12.1 Å². The van der Waals surface area contributed by atoms with Crippen LogP contribution in [0.3, 0.4) is 0 Å². The number of aryl methyl sites for hydroxylation is 1. The van der Waals surface area contributed by atoms with Crippen LogP contribution in [0.25, 0.3) is 0 Å². The molecule has 1 heterocycles. The summed E-state index contributed by atoms with van der Waals surface area (Å²) in [4.78, 5) is 0. The van der Waals surface area contributed by atoms with Crippen molar-refractivity contribution in [2.45, 2.75) is 38.3 Å². The summed E-state index contributed by atoms with van der Waals surface area (Å²) >= 11 is 0. The van der Waals surface area contributed by atoms with E-state index in [1.165, 1.54) is 18.9 Å². The molecule has 2 aliphatic rings. The molecule has 0 spiro atoms. The van der Waals surface area contributed by atoms with Crippen molar-refractivity contribution >= 4 is 11.4 Å². The lowest BCUT2D eigenvalue weighted by molar-refractivity contribution is 0.0898. The molecule has 2 fully saturated rings. The fourth-order valence-corrected chi connectivity index (χ4v) is 2.68. The average Bonchev–Trinajstić information content (AvgIpc) is 3.07. The van der Waals surface area contributed by atoms with Gasteiger partial charge in [0.1, 0.15) is 5.82 Å². The molecular formula is C14H19FN2O. The Labute approximate surface area is 107 Å². The summed E-state index contributed by atoms with van der Waals surface area (Å²) in [5.74, 6) is 0.451. The minimum atomic E-state index is -0.250. The van der Waals surface area contributed by atoms with E-state index >= 15 is 0 Å². The minimum Gasteiger partial charge on any atom is -0.397 e. The smallest absolute Gasteiger partial charge is 0.128 e. The molecule has 3 N–H and O–H groups in total. The van der Waals surface area contributed by atoms with E-state index in [1.54, 1.807) is 13.0 Å². The third kappa shape index (κ3) is 2.17. The summed E-state index contributed by atoms with van der Waals surface area (Å²) in [6, 6.07) is 3.48. The molecule has 0 amide bonds. The maximum atomic E-state index is 13.4. The van der Waals surface area contributed by atoms with E-state index in [0.29, 0.717) is 29.3 Å². The van der Waals surface area contributed by atoms with Crippen LogP contribution in [0.1, 0.15) is 24.8 Å². The van der Waals surface area contributed by atoms with Crippen LogP contribution in [0.4, 0.5) is 15.8 Å². The number of nitrogens with one attached hydrogen (secondary N) is 1. The normalized spacial score (nSPS) is 27.4. The van der Waals surface area contributed by atoms with Crippen molar-refractivity contribution in [3.8, 4) is 0 Å². The number of nitrogen functional groups attached to an aromatic ring is 1. The van der Waals surface area contributed by atoms with E-state index in [1.807, 2.05) is 0 Å². The van der Waals surface area contributed by atoms with Crippen molar-refractivity contribution in [2.75, 3.05) is 17.7 Å². The largest absolute Gasteiger partial charge is 0.397 e. The van der Waals surface area contributed by atoms with Gasteiger partial charge in [-0.15, -0.1) is 0 Å². The SMILES string of the molecule is Cc1cc(NC2CCOC2C2CC2)c(N)cc1F. The first-order valence-corrected chi connectivity index (χ1v) is 6.59. The van der Waals surface area contributed by atoms with Crippen LogP contribution in [0, 0.1) is 18.7 Å². The summed E-state index contributed by atoms with van der Waals surface area (Å²) in [5, 5.41) is 3.43. The van der Waals surface area contributed by atoms with Crippen LogP contribution >= 0.6 is 0 Å². The highest BCUT2D eigenvalue weighted by Crippen LogP contribution is 2.40. The van der Waals surface area contributed by atoms with Gasteiger partial charge in [0, 0.05) is 6.61 Å². The van der Waals surface area contributed by atoms with Gasteiger partial charge in [0.25, 0.3) is 0 Å². The Bertz CT molecular complexity index is 459. The molecule has 1 aromatic carbocycles. The Kier molecular flexibility index (Phi) is 2.90. The Morgan fingerprint density at radius 1 is 1.33 bits per heavy atom. The number of benzene rings is 1. The zero-order chi connectivity index (χ0) is 12.7. The highest BCUT2D eigenvalue weighted by atomic mass is 19.1. The molecule has 4 heteroatoms. The zero-order valence-corrected chi connectivity index (χ0v) is 10.6. The number of halogens is 1. The number of anilines is 2. The van der Waals surface area contributed by atoms with Gasteiger partial charge >= 0.3 is 0 Å². The van der Waals surface area contributed by atoms with E-state index in [-0.39, 0.29) is 5.82 Å². The molecule has 1 saturated carbocycles. The predicted molar refractivity (Wildman–Crippen MR) is 70.0 cm³/mol. The van der Waals surface area contributed by atoms with Crippen molar-refractivity contribution in [3.05, 3.63) is 23.5 Å². The Morgan fingerprint density at radius 3 is 2.83 bits per heavy atom. The summed E-state index contributed by atoms with van der Waals surface area (Å²) in [6.45, 7) is 2.56. The molecule has 98 valence electrons. The molecule has 0 radical (unpaired) electrons. The van der Waals surface area contributed by atoms with Gasteiger partial charge in [-0.05, 0) is 49.8 Å². The van der Waals surface area contributed by atoms with Gasteiger partial charge in [0.05, 0.1) is 23.5 Å². The second-order valence-corrected chi connectivity index (χ2v) is 5.40. The summed E-state index contributed by atoms with van der Waals surface area (Å²) in [5.41, 5.74) is 7.78. The highest BCUT2D eigenvalue weighted by molar-refractivity contribution is 5.67. The molecule has 3 rings (SSSR count). The number of hydrogen-bond acceptors (Lipinski definition) is 3. The van der Waals surface area contributed by atoms with Gasteiger partial charge in [0.15, 0.2) is 0 Å². The minimum absolute atomic E-state index is 0.250. The standard InChI is InChI=1S/C14H19FN2O/c1-8-6-13(11(16)7-10(8)15)17-12-4-5-18-14(12)9-2-3-9/h6-7,9,12,14,17H,2-5,16H2,1H3. The third-order valence-electron chi connectivity index (χ3n) is 3.89. The Hall–Kier alpha value is -1.29. The first-order chi connectivity index (χ1) is 8.65. The monoisotopic (exact) mass is 250 g/mol. The summed E-state index contributed by atoms with van der Waals surface area (Å²) < 4.78 is 19.1. The lowest BCUT2D eigenvalue weighted by Gasteiger charge is -2.22. The molecule has 1 saturated heterocycles. The van der Waals surface area contributed by atoms with Crippen LogP contribution in [-0.2, 0) is 4.74 Å². The van der Waals surface area contributed by atoms with Crippen molar-refractivity contribution in [2.24, 2.45) is 5.92 Å². The van der Waals surface area contributed by atoms with Crippen molar-refractivity contribution < 1.29 is 9.13 Å². The predicted octanol–water partition coefficient (Wildman–Crippen LogP) is 2.70.